The van der Waals surface area contributed by atoms with Crippen molar-refractivity contribution in [1.29, 1.82) is 0 Å². The first kappa shape index (κ1) is 20.7. The SMILES string of the molecule is CC(C)C(N)C(=O)CNC1=CCc2[nH]c(-c3n[nH]c4c3CCC(C)(C)C4)cc2C=C1. The molecule has 0 bridgehead atoms. The number of rotatable bonds is 6. The van der Waals surface area contributed by atoms with E-state index < -0.39 is 6.04 Å². The molecule has 6 heteroatoms. The molecule has 5 N–H and O–H groups in total. The lowest BCUT2D eigenvalue weighted by molar-refractivity contribution is -0.120. The van der Waals surface area contributed by atoms with Crippen LogP contribution >= 0.6 is 0 Å². The summed E-state index contributed by atoms with van der Waals surface area (Å²) in [5.74, 6) is 0.186. The van der Waals surface area contributed by atoms with Crippen molar-refractivity contribution in [3.63, 3.8) is 0 Å². The molecule has 1 atom stereocenters. The van der Waals surface area contributed by atoms with Crippen LogP contribution in [0.4, 0.5) is 0 Å². The average Bonchev–Trinajstić information content (AvgIpc) is 3.23. The van der Waals surface area contributed by atoms with E-state index in [9.17, 15) is 4.79 Å². The number of carbonyl (C=O) groups excluding carboxylic acids is 1. The molecule has 0 aliphatic heterocycles. The summed E-state index contributed by atoms with van der Waals surface area (Å²) < 4.78 is 0. The molecule has 2 aromatic rings. The molecule has 1 unspecified atom stereocenters. The number of allylic oxidation sites excluding steroid dienone is 2. The third kappa shape index (κ3) is 4.15. The molecule has 4 rings (SSSR count). The molecule has 2 aromatic heterocycles. The Labute approximate surface area is 178 Å². The van der Waals surface area contributed by atoms with Gasteiger partial charge in [0.2, 0.25) is 0 Å². The Morgan fingerprint density at radius 2 is 2.10 bits per heavy atom. The summed E-state index contributed by atoms with van der Waals surface area (Å²) in [6.45, 7) is 8.83. The number of fused-ring (bicyclic) bond motifs is 2. The van der Waals surface area contributed by atoms with Crippen molar-refractivity contribution in [3.05, 3.63) is 46.4 Å². The fourth-order valence-electron chi connectivity index (χ4n) is 4.30. The van der Waals surface area contributed by atoms with Crippen molar-refractivity contribution in [3.8, 4) is 11.4 Å². The van der Waals surface area contributed by atoms with Crippen LogP contribution in [0.5, 0.6) is 0 Å². The van der Waals surface area contributed by atoms with Gasteiger partial charge in [-0.3, -0.25) is 9.89 Å². The Hall–Kier alpha value is -2.60. The number of nitrogens with two attached hydrogens (primary N) is 1. The van der Waals surface area contributed by atoms with Gasteiger partial charge in [0.25, 0.3) is 0 Å². The highest BCUT2D eigenvalue weighted by Gasteiger charge is 2.29. The monoisotopic (exact) mass is 407 g/mol. The van der Waals surface area contributed by atoms with Crippen LogP contribution in [-0.4, -0.2) is 33.6 Å². The second-order valence-corrected chi connectivity index (χ2v) is 9.77. The highest BCUT2D eigenvalue weighted by atomic mass is 16.1. The van der Waals surface area contributed by atoms with Crippen molar-refractivity contribution in [2.45, 2.75) is 59.4 Å². The van der Waals surface area contributed by atoms with Gasteiger partial charge in [-0.15, -0.1) is 0 Å². The molecule has 0 saturated carbocycles. The molecule has 2 aliphatic rings. The standard InChI is InChI=1S/C24H33N5O/c1-14(2)22(25)21(30)13-26-16-6-5-15-11-19(27-18(15)8-7-16)23-17-9-10-24(3,4)12-20(17)28-29-23/h5-7,11,14,22,26-27H,8-10,12-13,25H2,1-4H3,(H,28,29). The molecule has 2 heterocycles. The molecule has 0 saturated heterocycles. The van der Waals surface area contributed by atoms with Gasteiger partial charge in [0.15, 0.2) is 5.78 Å². The zero-order chi connectivity index (χ0) is 21.5. The van der Waals surface area contributed by atoms with Crippen LogP contribution in [-0.2, 0) is 24.1 Å². The van der Waals surface area contributed by atoms with Crippen molar-refractivity contribution < 1.29 is 4.79 Å². The molecular formula is C24H33N5O. The molecule has 30 heavy (non-hydrogen) atoms. The van der Waals surface area contributed by atoms with Crippen LogP contribution < -0.4 is 11.1 Å². The van der Waals surface area contributed by atoms with Gasteiger partial charge in [0.1, 0.15) is 5.69 Å². The molecule has 160 valence electrons. The number of ketones is 1. The van der Waals surface area contributed by atoms with Gasteiger partial charge in [0.05, 0.1) is 18.3 Å². The van der Waals surface area contributed by atoms with E-state index in [4.69, 9.17) is 5.73 Å². The number of carbonyl (C=O) groups is 1. The number of nitrogens with one attached hydrogen (secondary N) is 3. The van der Waals surface area contributed by atoms with E-state index in [1.54, 1.807) is 0 Å². The lowest BCUT2D eigenvalue weighted by atomic mass is 9.76. The Kier molecular flexibility index (Phi) is 5.45. The van der Waals surface area contributed by atoms with Crippen LogP contribution in [0.2, 0.25) is 0 Å². The molecule has 6 nitrogen and oxygen atoms in total. The van der Waals surface area contributed by atoms with E-state index in [1.165, 1.54) is 17.7 Å². The third-order valence-corrected chi connectivity index (χ3v) is 6.37. The minimum Gasteiger partial charge on any atom is -0.378 e. The fraction of sp³-hybridized carbons (Fsp3) is 0.500. The Morgan fingerprint density at radius 3 is 2.87 bits per heavy atom. The second-order valence-electron chi connectivity index (χ2n) is 9.77. The molecule has 2 aliphatic carbocycles. The van der Waals surface area contributed by atoms with Gasteiger partial charge in [-0.25, -0.2) is 0 Å². The van der Waals surface area contributed by atoms with E-state index in [0.29, 0.717) is 5.41 Å². The van der Waals surface area contributed by atoms with Gasteiger partial charge < -0.3 is 16.0 Å². The van der Waals surface area contributed by atoms with Crippen LogP contribution in [0.1, 0.15) is 56.6 Å². The van der Waals surface area contributed by atoms with Crippen LogP contribution in [0, 0.1) is 11.3 Å². The van der Waals surface area contributed by atoms with Gasteiger partial charge in [-0.1, -0.05) is 39.8 Å². The molecule has 0 aromatic carbocycles. The largest absolute Gasteiger partial charge is 0.378 e. The first-order valence-electron chi connectivity index (χ1n) is 10.9. The fourth-order valence-corrected chi connectivity index (χ4v) is 4.30. The van der Waals surface area contributed by atoms with Crippen molar-refractivity contribution in [2.24, 2.45) is 17.1 Å². The number of Topliss-reactive ketones (excluding diaryl/α,β-unsaturated/α-hetero) is 1. The average molecular weight is 408 g/mol. The van der Waals surface area contributed by atoms with Gasteiger partial charge in [0, 0.05) is 29.1 Å². The summed E-state index contributed by atoms with van der Waals surface area (Å²) in [5, 5.41) is 11.1. The number of aromatic nitrogens is 3. The highest BCUT2D eigenvalue weighted by molar-refractivity contribution is 5.86. The zero-order valence-corrected chi connectivity index (χ0v) is 18.4. The maximum Gasteiger partial charge on any atom is 0.168 e. The van der Waals surface area contributed by atoms with Gasteiger partial charge in [-0.05, 0) is 48.3 Å². The van der Waals surface area contributed by atoms with Gasteiger partial charge >= 0.3 is 0 Å². The minimum absolute atomic E-state index is 0.0378. The Bertz CT molecular complexity index is 1000. The number of nitrogens with zero attached hydrogens (tertiary/aromatic N) is 1. The highest BCUT2D eigenvalue weighted by Crippen LogP contribution is 2.38. The smallest absolute Gasteiger partial charge is 0.168 e. The Morgan fingerprint density at radius 1 is 1.30 bits per heavy atom. The second kappa shape index (κ2) is 7.91. The normalized spacial score (nSPS) is 18.4. The van der Waals surface area contributed by atoms with E-state index in [2.05, 4.69) is 52.6 Å². The quantitative estimate of drug-likeness (QED) is 0.589. The van der Waals surface area contributed by atoms with Crippen LogP contribution in [0.3, 0.4) is 0 Å². The van der Waals surface area contributed by atoms with E-state index in [1.807, 2.05) is 19.9 Å². The van der Waals surface area contributed by atoms with Crippen LogP contribution in [0.25, 0.3) is 17.5 Å². The van der Waals surface area contributed by atoms with Crippen molar-refractivity contribution in [1.82, 2.24) is 20.5 Å². The Balaban J connectivity index is 1.46. The lowest BCUT2D eigenvalue weighted by Crippen LogP contribution is -2.40. The first-order valence-corrected chi connectivity index (χ1v) is 10.9. The summed E-state index contributed by atoms with van der Waals surface area (Å²) in [6.07, 6.45) is 10.3. The molecule has 0 amide bonds. The van der Waals surface area contributed by atoms with E-state index >= 15 is 0 Å². The number of H-pyrrole nitrogens is 2. The van der Waals surface area contributed by atoms with Crippen LogP contribution in [0.15, 0.2) is 23.9 Å². The maximum atomic E-state index is 12.2. The summed E-state index contributed by atoms with van der Waals surface area (Å²) in [7, 11) is 0. The molecule has 0 radical (unpaired) electrons. The maximum absolute atomic E-state index is 12.2. The topological polar surface area (TPSA) is 99.6 Å². The summed E-state index contributed by atoms with van der Waals surface area (Å²) in [5.41, 5.74) is 14.3. The van der Waals surface area contributed by atoms with E-state index in [-0.39, 0.29) is 18.2 Å². The number of aromatic amines is 2. The zero-order valence-electron chi connectivity index (χ0n) is 18.4. The van der Waals surface area contributed by atoms with Crippen molar-refractivity contribution in [2.75, 3.05) is 6.54 Å². The summed E-state index contributed by atoms with van der Waals surface area (Å²) >= 11 is 0. The van der Waals surface area contributed by atoms with Crippen molar-refractivity contribution >= 4 is 11.9 Å². The van der Waals surface area contributed by atoms with Gasteiger partial charge in [-0.2, -0.15) is 5.10 Å². The predicted octanol–water partition coefficient (Wildman–Crippen LogP) is 3.51. The third-order valence-electron chi connectivity index (χ3n) is 6.37. The first-order chi connectivity index (χ1) is 14.2. The lowest BCUT2D eigenvalue weighted by Gasteiger charge is -2.29. The summed E-state index contributed by atoms with van der Waals surface area (Å²) in [6, 6.07) is 1.76. The molecule has 0 spiro atoms. The number of hydrogen-bond donors (Lipinski definition) is 4. The predicted molar refractivity (Wildman–Crippen MR) is 121 cm³/mol. The molecular weight excluding hydrogens is 374 g/mol. The minimum atomic E-state index is -0.423. The number of hydrogen-bond acceptors (Lipinski definition) is 4. The summed E-state index contributed by atoms with van der Waals surface area (Å²) in [4.78, 5) is 15.7. The molecule has 0 fully saturated rings. The van der Waals surface area contributed by atoms with E-state index in [0.717, 1.165) is 47.6 Å².